The first-order valence-electron chi connectivity index (χ1n) is 6.96. The molecule has 0 atom stereocenters. The summed E-state index contributed by atoms with van der Waals surface area (Å²) in [5.41, 5.74) is 0.642. The van der Waals surface area contributed by atoms with E-state index in [4.69, 9.17) is 25.5 Å². The number of rotatable bonds is 4. The molecule has 0 spiro atoms. The minimum atomic E-state index is -0.561. The number of esters is 1. The van der Waals surface area contributed by atoms with Crippen LogP contribution in [0.5, 0.6) is 5.75 Å². The molecule has 0 aliphatic carbocycles. The van der Waals surface area contributed by atoms with E-state index in [1.807, 2.05) is 0 Å². The molecule has 1 aromatic carbocycles. The van der Waals surface area contributed by atoms with Gasteiger partial charge in [0.15, 0.2) is 0 Å². The number of benzene rings is 1. The van der Waals surface area contributed by atoms with Crippen LogP contribution in [0.15, 0.2) is 51.8 Å². The second-order valence-electron chi connectivity index (χ2n) is 4.90. The highest BCUT2D eigenvalue weighted by Crippen LogP contribution is 2.23. The van der Waals surface area contributed by atoms with Crippen molar-refractivity contribution in [3.05, 3.63) is 69.3 Å². The summed E-state index contributed by atoms with van der Waals surface area (Å²) in [6.07, 6.45) is 1.33. The minimum Gasteiger partial charge on any atom is -0.497 e. The molecule has 0 unspecified atom stereocenters. The van der Waals surface area contributed by atoms with Crippen molar-refractivity contribution in [1.82, 2.24) is 4.98 Å². The number of nitrogens with zero attached hydrogens (tertiary/aromatic N) is 1. The van der Waals surface area contributed by atoms with E-state index >= 15 is 0 Å². The average molecular weight is 346 g/mol. The summed E-state index contributed by atoms with van der Waals surface area (Å²) < 4.78 is 15.5. The number of fused-ring (bicyclic) bond motifs is 1. The summed E-state index contributed by atoms with van der Waals surface area (Å²) in [5, 5.41) is 0.949. The van der Waals surface area contributed by atoms with Crippen LogP contribution in [-0.2, 0) is 11.3 Å². The van der Waals surface area contributed by atoms with Gasteiger partial charge in [-0.05, 0) is 24.3 Å². The van der Waals surface area contributed by atoms with Gasteiger partial charge in [0.2, 0.25) is 0 Å². The van der Waals surface area contributed by atoms with Crippen LogP contribution in [0.3, 0.4) is 0 Å². The average Bonchev–Trinajstić information content (AvgIpc) is 2.59. The normalized spacial score (nSPS) is 10.6. The zero-order valence-electron chi connectivity index (χ0n) is 12.6. The number of aromatic nitrogens is 1. The first-order valence-corrected chi connectivity index (χ1v) is 7.34. The van der Waals surface area contributed by atoms with E-state index < -0.39 is 11.6 Å². The van der Waals surface area contributed by atoms with Gasteiger partial charge in [-0.2, -0.15) is 0 Å². The molecule has 24 heavy (non-hydrogen) atoms. The van der Waals surface area contributed by atoms with Crippen molar-refractivity contribution in [2.24, 2.45) is 0 Å². The van der Waals surface area contributed by atoms with Gasteiger partial charge in [0.25, 0.3) is 0 Å². The van der Waals surface area contributed by atoms with E-state index in [0.717, 1.165) is 0 Å². The Morgan fingerprint density at radius 1 is 1.25 bits per heavy atom. The van der Waals surface area contributed by atoms with Crippen molar-refractivity contribution in [2.45, 2.75) is 6.61 Å². The van der Waals surface area contributed by atoms with Crippen LogP contribution in [0.1, 0.15) is 15.9 Å². The molecule has 122 valence electrons. The summed E-state index contributed by atoms with van der Waals surface area (Å²) in [6.45, 7) is -0.0735. The van der Waals surface area contributed by atoms with E-state index in [1.165, 1.54) is 31.5 Å². The molecule has 0 saturated carbocycles. The number of hydrogen-bond donors (Lipinski definition) is 0. The number of hydrogen-bond acceptors (Lipinski definition) is 6. The third kappa shape index (κ3) is 3.38. The predicted octanol–water partition coefficient (Wildman–Crippen LogP) is 3.21. The molecule has 0 aliphatic heterocycles. The molecule has 7 heteroatoms. The monoisotopic (exact) mass is 345 g/mol. The second kappa shape index (κ2) is 6.72. The van der Waals surface area contributed by atoms with Crippen LogP contribution in [-0.4, -0.2) is 18.1 Å². The van der Waals surface area contributed by atoms with Gasteiger partial charge in [-0.25, -0.2) is 14.6 Å². The van der Waals surface area contributed by atoms with E-state index in [-0.39, 0.29) is 17.3 Å². The zero-order valence-corrected chi connectivity index (χ0v) is 13.4. The van der Waals surface area contributed by atoms with Crippen LogP contribution in [0.25, 0.3) is 11.0 Å². The molecule has 0 radical (unpaired) electrons. The van der Waals surface area contributed by atoms with E-state index in [0.29, 0.717) is 22.3 Å². The lowest BCUT2D eigenvalue weighted by molar-refractivity contribution is 0.0473. The Bertz CT molecular complexity index is 949. The molecule has 0 N–H and O–H groups in total. The fraction of sp³-hybridized carbons (Fsp3) is 0.118. The smallest absolute Gasteiger partial charge is 0.340 e. The van der Waals surface area contributed by atoms with Crippen LogP contribution < -0.4 is 10.4 Å². The molecule has 0 bridgehead atoms. The van der Waals surface area contributed by atoms with Crippen LogP contribution in [0.4, 0.5) is 0 Å². The molecule has 2 aromatic heterocycles. The summed E-state index contributed by atoms with van der Waals surface area (Å²) in [4.78, 5) is 27.5. The fourth-order valence-electron chi connectivity index (χ4n) is 2.18. The number of carbonyl (C=O) groups is 1. The van der Waals surface area contributed by atoms with Gasteiger partial charge in [0.1, 0.15) is 23.1 Å². The molecule has 6 nitrogen and oxygen atoms in total. The molecule has 0 fully saturated rings. The van der Waals surface area contributed by atoms with Crippen molar-refractivity contribution in [1.29, 1.82) is 0 Å². The topological polar surface area (TPSA) is 78.6 Å². The molecule has 0 aliphatic rings. The maximum atomic E-state index is 12.0. The van der Waals surface area contributed by atoms with Crippen LogP contribution >= 0.6 is 11.6 Å². The third-order valence-corrected chi connectivity index (χ3v) is 3.58. The molecule has 2 heterocycles. The Balaban J connectivity index is 1.85. The number of methoxy groups -OCH3 is 1. The van der Waals surface area contributed by atoms with E-state index in [1.54, 1.807) is 18.2 Å². The fourth-order valence-corrected chi connectivity index (χ4v) is 2.29. The number of ether oxygens (including phenoxy) is 2. The van der Waals surface area contributed by atoms with Crippen molar-refractivity contribution in [3.8, 4) is 5.75 Å². The van der Waals surface area contributed by atoms with Gasteiger partial charge in [-0.1, -0.05) is 11.6 Å². The minimum absolute atomic E-state index is 0.0735. The summed E-state index contributed by atoms with van der Waals surface area (Å²) in [7, 11) is 1.52. The van der Waals surface area contributed by atoms with Crippen LogP contribution in [0.2, 0.25) is 5.15 Å². The SMILES string of the molecule is COc1ccc2c(COC(=O)c3ccc(Cl)nc3)cc(=O)oc2c1. The zero-order chi connectivity index (χ0) is 17.1. The highest BCUT2D eigenvalue weighted by atomic mass is 35.5. The summed E-state index contributed by atoms with van der Waals surface area (Å²) in [5.74, 6) is 0.00102. The molecular weight excluding hydrogens is 334 g/mol. The quantitative estimate of drug-likeness (QED) is 0.410. The van der Waals surface area contributed by atoms with Gasteiger partial charge >= 0.3 is 11.6 Å². The maximum Gasteiger partial charge on any atom is 0.340 e. The Morgan fingerprint density at radius 2 is 2.08 bits per heavy atom. The van der Waals surface area contributed by atoms with Gasteiger partial charge in [-0.15, -0.1) is 0 Å². The Hall–Kier alpha value is -2.86. The summed E-state index contributed by atoms with van der Waals surface area (Å²) in [6, 6.07) is 9.38. The summed E-state index contributed by atoms with van der Waals surface area (Å²) >= 11 is 5.68. The Morgan fingerprint density at radius 3 is 2.79 bits per heavy atom. The van der Waals surface area contributed by atoms with Crippen molar-refractivity contribution in [2.75, 3.05) is 7.11 Å². The van der Waals surface area contributed by atoms with Crippen molar-refractivity contribution >= 4 is 28.5 Å². The largest absolute Gasteiger partial charge is 0.497 e. The number of carbonyl (C=O) groups excluding carboxylic acids is 1. The maximum absolute atomic E-state index is 12.0. The standard InChI is InChI=1S/C17H12ClNO5/c1-22-12-3-4-13-11(6-16(20)24-14(13)7-12)9-23-17(21)10-2-5-15(18)19-8-10/h2-8H,9H2,1H3. The van der Waals surface area contributed by atoms with Gasteiger partial charge in [0.05, 0.1) is 12.7 Å². The highest BCUT2D eigenvalue weighted by molar-refractivity contribution is 6.29. The van der Waals surface area contributed by atoms with Crippen LogP contribution in [0, 0.1) is 0 Å². The number of pyridine rings is 1. The Kier molecular flexibility index (Phi) is 4.48. The lowest BCUT2D eigenvalue weighted by atomic mass is 10.1. The second-order valence-corrected chi connectivity index (χ2v) is 5.29. The van der Waals surface area contributed by atoms with Gasteiger partial charge in [-0.3, -0.25) is 0 Å². The van der Waals surface area contributed by atoms with Gasteiger partial charge < -0.3 is 13.9 Å². The Labute approximate surface area is 141 Å². The van der Waals surface area contributed by atoms with E-state index in [2.05, 4.69) is 4.98 Å². The molecule has 0 saturated heterocycles. The highest BCUT2D eigenvalue weighted by Gasteiger charge is 2.11. The first-order chi connectivity index (χ1) is 11.6. The molecule has 3 aromatic rings. The van der Waals surface area contributed by atoms with Crippen molar-refractivity contribution < 1.29 is 18.7 Å². The lowest BCUT2D eigenvalue weighted by Crippen LogP contribution is -2.08. The molecule has 0 amide bonds. The van der Waals surface area contributed by atoms with E-state index in [9.17, 15) is 9.59 Å². The lowest BCUT2D eigenvalue weighted by Gasteiger charge is -2.08. The van der Waals surface area contributed by atoms with Crippen molar-refractivity contribution in [3.63, 3.8) is 0 Å². The molecule has 3 rings (SSSR count). The number of halogens is 1. The first kappa shape index (κ1) is 16.0. The van der Waals surface area contributed by atoms with Gasteiger partial charge in [0, 0.05) is 29.3 Å². The molecular formula is C17H12ClNO5. The third-order valence-electron chi connectivity index (χ3n) is 3.36. The predicted molar refractivity (Wildman–Crippen MR) is 87.4 cm³/mol.